The Labute approximate surface area is 185 Å². The van der Waals surface area contributed by atoms with Crippen LogP contribution in [0.4, 0.5) is 4.79 Å². The van der Waals surface area contributed by atoms with Crippen molar-refractivity contribution in [1.29, 1.82) is 0 Å². The van der Waals surface area contributed by atoms with Gasteiger partial charge in [0.2, 0.25) is 0 Å². The highest BCUT2D eigenvalue weighted by Crippen LogP contribution is 2.33. The van der Waals surface area contributed by atoms with E-state index in [-0.39, 0.29) is 18.6 Å². The first-order valence-corrected chi connectivity index (χ1v) is 10.9. The van der Waals surface area contributed by atoms with E-state index in [0.29, 0.717) is 23.4 Å². The molecule has 8 nitrogen and oxygen atoms in total. The van der Waals surface area contributed by atoms with Crippen molar-refractivity contribution in [2.24, 2.45) is 0 Å². The monoisotopic (exact) mass is 435 g/mol. The molecule has 2 aromatic rings. The van der Waals surface area contributed by atoms with Gasteiger partial charge >= 0.3 is 6.03 Å². The van der Waals surface area contributed by atoms with E-state index in [1.54, 1.807) is 36.3 Å². The van der Waals surface area contributed by atoms with Gasteiger partial charge in [-0.15, -0.1) is 0 Å². The molecule has 1 aliphatic carbocycles. The summed E-state index contributed by atoms with van der Waals surface area (Å²) in [6, 6.07) is 12.0. The van der Waals surface area contributed by atoms with Crippen molar-refractivity contribution in [2.45, 2.75) is 43.9 Å². The third-order valence-electron chi connectivity index (χ3n) is 6.52. The van der Waals surface area contributed by atoms with Crippen LogP contribution in [-0.2, 0) is 16.9 Å². The van der Waals surface area contributed by atoms with Crippen molar-refractivity contribution in [3.05, 3.63) is 59.2 Å². The first-order valence-electron chi connectivity index (χ1n) is 10.9. The van der Waals surface area contributed by atoms with E-state index in [9.17, 15) is 14.4 Å². The summed E-state index contributed by atoms with van der Waals surface area (Å²) in [4.78, 5) is 39.7. The summed E-state index contributed by atoms with van der Waals surface area (Å²) < 4.78 is 11.3. The highest BCUT2D eigenvalue weighted by Gasteiger charge is 2.50. The van der Waals surface area contributed by atoms with Gasteiger partial charge in [0.15, 0.2) is 5.54 Å². The Morgan fingerprint density at radius 3 is 2.41 bits per heavy atom. The Morgan fingerprint density at radius 2 is 1.75 bits per heavy atom. The summed E-state index contributed by atoms with van der Waals surface area (Å²) in [6.45, 7) is 0.370. The number of amides is 4. The number of hydrogen-bond donors (Lipinski definition) is 2. The highest BCUT2D eigenvalue weighted by atomic mass is 16.5. The van der Waals surface area contributed by atoms with Crippen LogP contribution in [0.5, 0.6) is 11.5 Å². The molecule has 5 rings (SSSR count). The molecule has 0 aromatic heterocycles. The van der Waals surface area contributed by atoms with Gasteiger partial charge in [-0.3, -0.25) is 14.9 Å². The third-order valence-corrected chi connectivity index (χ3v) is 6.52. The standard InChI is InChI=1S/C24H25N3O5/c1-31-19-9-6-15-13-27(21(28)20(15)12-19)14-24(22(29)25-23(30)26-24)16-7-10-18(11-8-16)32-17-4-2-3-5-17/h6-12,17H,2-5,13-14H2,1H3,(H2,25,26,29,30)/t24-/m0/s1. The molecule has 1 saturated carbocycles. The number of methoxy groups -OCH3 is 1. The van der Waals surface area contributed by atoms with Crippen LogP contribution in [0.1, 0.15) is 47.2 Å². The van der Waals surface area contributed by atoms with Crippen LogP contribution in [-0.4, -0.2) is 42.5 Å². The van der Waals surface area contributed by atoms with E-state index in [1.807, 2.05) is 18.2 Å². The number of ether oxygens (including phenoxy) is 2. The highest BCUT2D eigenvalue weighted by molar-refractivity contribution is 6.08. The average molecular weight is 435 g/mol. The van der Waals surface area contributed by atoms with Gasteiger partial charge in [-0.05, 0) is 61.1 Å². The molecule has 1 saturated heterocycles. The maximum atomic E-state index is 13.1. The molecule has 8 heteroatoms. The van der Waals surface area contributed by atoms with Crippen molar-refractivity contribution in [3.8, 4) is 11.5 Å². The van der Waals surface area contributed by atoms with Gasteiger partial charge in [-0.1, -0.05) is 18.2 Å². The lowest BCUT2D eigenvalue weighted by Crippen LogP contribution is -2.52. The van der Waals surface area contributed by atoms with Crippen LogP contribution in [0.2, 0.25) is 0 Å². The van der Waals surface area contributed by atoms with Gasteiger partial charge in [0, 0.05) is 12.1 Å². The first-order chi connectivity index (χ1) is 15.5. The van der Waals surface area contributed by atoms with Gasteiger partial charge in [0.1, 0.15) is 11.5 Å². The molecule has 0 unspecified atom stereocenters. The summed E-state index contributed by atoms with van der Waals surface area (Å²) in [6.07, 6.45) is 4.67. The SMILES string of the molecule is COc1ccc2c(c1)C(=O)N(C[C@@]1(c3ccc(OC4CCCC4)cc3)NC(=O)NC1=O)C2. The fourth-order valence-corrected chi connectivity index (χ4v) is 4.80. The summed E-state index contributed by atoms with van der Waals surface area (Å²) in [5.41, 5.74) is 0.631. The van der Waals surface area contributed by atoms with Crippen molar-refractivity contribution < 1.29 is 23.9 Å². The molecule has 1 atom stereocenters. The van der Waals surface area contributed by atoms with Crippen LogP contribution >= 0.6 is 0 Å². The van der Waals surface area contributed by atoms with E-state index in [2.05, 4.69) is 10.6 Å². The Balaban J connectivity index is 1.41. The molecule has 0 bridgehead atoms. The molecule has 2 aliphatic heterocycles. The maximum Gasteiger partial charge on any atom is 0.322 e. The molecule has 2 aromatic carbocycles. The predicted molar refractivity (Wildman–Crippen MR) is 115 cm³/mol. The van der Waals surface area contributed by atoms with Crippen LogP contribution in [0.3, 0.4) is 0 Å². The summed E-state index contributed by atoms with van der Waals surface area (Å²) in [5, 5.41) is 5.09. The zero-order chi connectivity index (χ0) is 22.3. The number of nitrogens with one attached hydrogen (secondary N) is 2. The summed E-state index contributed by atoms with van der Waals surface area (Å²) >= 11 is 0. The summed E-state index contributed by atoms with van der Waals surface area (Å²) in [5.74, 6) is 0.650. The molecular weight excluding hydrogens is 410 g/mol. The van der Waals surface area contributed by atoms with Crippen LogP contribution in [0.25, 0.3) is 0 Å². The lowest BCUT2D eigenvalue weighted by atomic mass is 9.89. The first kappa shape index (κ1) is 20.4. The minimum atomic E-state index is -1.37. The third kappa shape index (κ3) is 3.45. The second kappa shape index (κ2) is 7.85. The average Bonchev–Trinajstić information content (AvgIpc) is 3.48. The van der Waals surface area contributed by atoms with Gasteiger partial charge in [0.05, 0.1) is 19.8 Å². The number of carbonyl (C=O) groups is 3. The number of rotatable bonds is 6. The van der Waals surface area contributed by atoms with Gasteiger partial charge in [-0.25, -0.2) is 4.79 Å². The van der Waals surface area contributed by atoms with Crippen molar-refractivity contribution >= 4 is 17.8 Å². The van der Waals surface area contributed by atoms with E-state index in [0.717, 1.165) is 24.2 Å². The van der Waals surface area contributed by atoms with E-state index < -0.39 is 17.5 Å². The van der Waals surface area contributed by atoms with Gasteiger partial charge in [-0.2, -0.15) is 0 Å². The molecule has 0 spiro atoms. The number of fused-ring (bicyclic) bond motifs is 1. The Morgan fingerprint density at radius 1 is 1.03 bits per heavy atom. The molecule has 166 valence electrons. The lowest BCUT2D eigenvalue weighted by molar-refractivity contribution is -0.124. The van der Waals surface area contributed by atoms with Gasteiger partial charge in [0.25, 0.3) is 11.8 Å². The zero-order valence-electron chi connectivity index (χ0n) is 17.8. The largest absolute Gasteiger partial charge is 0.497 e. The Hall–Kier alpha value is -3.55. The summed E-state index contributed by atoms with van der Waals surface area (Å²) in [7, 11) is 1.55. The molecule has 2 heterocycles. The molecular formula is C24H25N3O5. The number of imide groups is 1. The van der Waals surface area contributed by atoms with E-state index in [4.69, 9.17) is 9.47 Å². The minimum absolute atomic E-state index is 0.0171. The van der Waals surface area contributed by atoms with Crippen LogP contribution in [0, 0.1) is 0 Å². The molecule has 3 aliphatic rings. The number of benzene rings is 2. The van der Waals surface area contributed by atoms with Gasteiger partial charge < -0.3 is 19.7 Å². The van der Waals surface area contributed by atoms with E-state index in [1.165, 1.54) is 12.8 Å². The number of urea groups is 1. The van der Waals surface area contributed by atoms with Crippen molar-refractivity contribution in [2.75, 3.05) is 13.7 Å². The minimum Gasteiger partial charge on any atom is -0.497 e. The zero-order valence-corrected chi connectivity index (χ0v) is 17.8. The maximum absolute atomic E-state index is 13.1. The number of nitrogens with zero attached hydrogens (tertiary/aromatic N) is 1. The quantitative estimate of drug-likeness (QED) is 0.680. The smallest absolute Gasteiger partial charge is 0.322 e. The second-order valence-corrected chi connectivity index (χ2v) is 8.55. The molecule has 0 radical (unpaired) electrons. The van der Waals surface area contributed by atoms with Crippen molar-refractivity contribution in [1.82, 2.24) is 15.5 Å². The lowest BCUT2D eigenvalue weighted by Gasteiger charge is -2.31. The topological polar surface area (TPSA) is 97.0 Å². The fraction of sp³-hybridized carbons (Fsp3) is 0.375. The Kier molecular flexibility index (Phi) is 5.00. The number of carbonyl (C=O) groups excluding carboxylic acids is 3. The van der Waals surface area contributed by atoms with Crippen LogP contribution < -0.4 is 20.1 Å². The molecule has 32 heavy (non-hydrogen) atoms. The fourth-order valence-electron chi connectivity index (χ4n) is 4.80. The molecule has 4 amide bonds. The Bertz CT molecular complexity index is 1080. The van der Waals surface area contributed by atoms with Crippen molar-refractivity contribution in [3.63, 3.8) is 0 Å². The predicted octanol–water partition coefficient (Wildman–Crippen LogP) is 2.71. The second-order valence-electron chi connectivity index (χ2n) is 8.55. The number of hydrogen-bond acceptors (Lipinski definition) is 5. The molecule has 2 fully saturated rings. The molecule has 2 N–H and O–H groups in total. The van der Waals surface area contributed by atoms with E-state index >= 15 is 0 Å². The normalized spacial score (nSPS) is 22.7. The van der Waals surface area contributed by atoms with Crippen LogP contribution in [0.15, 0.2) is 42.5 Å².